The third-order valence-corrected chi connectivity index (χ3v) is 1.52. The number of aromatic hydroxyl groups is 1. The van der Waals surface area contributed by atoms with Gasteiger partial charge in [-0.3, -0.25) is 4.79 Å². The van der Waals surface area contributed by atoms with E-state index >= 15 is 0 Å². The standard InChI is InChI=1S/C11H12O3/c1-8(12)7-9(2)14-11-5-3-10(13)4-6-11/h3-7,13H,1-2H3/b9-7+. The van der Waals surface area contributed by atoms with Gasteiger partial charge >= 0.3 is 0 Å². The van der Waals surface area contributed by atoms with Crippen LogP contribution in [0.15, 0.2) is 36.1 Å². The number of phenolic OH excluding ortho intramolecular Hbond substituents is 1. The zero-order chi connectivity index (χ0) is 10.6. The molecule has 0 aliphatic carbocycles. The van der Waals surface area contributed by atoms with Gasteiger partial charge in [-0.25, -0.2) is 0 Å². The summed E-state index contributed by atoms with van der Waals surface area (Å²) in [4.78, 5) is 10.7. The van der Waals surface area contributed by atoms with Crippen LogP contribution >= 0.6 is 0 Å². The fourth-order valence-corrected chi connectivity index (χ4v) is 1.02. The van der Waals surface area contributed by atoms with Crippen LogP contribution in [0.2, 0.25) is 0 Å². The number of ketones is 1. The number of rotatable bonds is 3. The summed E-state index contributed by atoms with van der Waals surface area (Å²) in [5.74, 6) is 1.26. The average Bonchev–Trinajstić information content (AvgIpc) is 2.07. The Morgan fingerprint density at radius 3 is 2.36 bits per heavy atom. The number of carbonyl (C=O) groups excluding carboxylic acids is 1. The SMILES string of the molecule is CC(=O)/C=C(\C)Oc1ccc(O)cc1. The summed E-state index contributed by atoms with van der Waals surface area (Å²) in [6, 6.07) is 6.31. The van der Waals surface area contributed by atoms with E-state index in [4.69, 9.17) is 9.84 Å². The van der Waals surface area contributed by atoms with Crippen molar-refractivity contribution in [1.29, 1.82) is 0 Å². The Morgan fingerprint density at radius 1 is 1.29 bits per heavy atom. The van der Waals surface area contributed by atoms with Crippen molar-refractivity contribution in [2.45, 2.75) is 13.8 Å². The lowest BCUT2D eigenvalue weighted by atomic mass is 10.3. The lowest BCUT2D eigenvalue weighted by Crippen LogP contribution is -1.93. The van der Waals surface area contributed by atoms with Gasteiger partial charge in [-0.2, -0.15) is 0 Å². The first-order valence-corrected chi connectivity index (χ1v) is 4.23. The zero-order valence-electron chi connectivity index (χ0n) is 8.15. The number of ether oxygens (including phenoxy) is 1. The molecule has 0 fully saturated rings. The number of hydrogen-bond donors (Lipinski definition) is 1. The molecule has 0 aliphatic heterocycles. The van der Waals surface area contributed by atoms with Crippen LogP contribution in [0.3, 0.4) is 0 Å². The Labute approximate surface area is 82.6 Å². The molecule has 14 heavy (non-hydrogen) atoms. The molecule has 0 aromatic heterocycles. The summed E-state index contributed by atoms with van der Waals surface area (Å²) >= 11 is 0. The topological polar surface area (TPSA) is 46.5 Å². The van der Waals surface area contributed by atoms with Crippen LogP contribution in [0.1, 0.15) is 13.8 Å². The van der Waals surface area contributed by atoms with E-state index in [0.717, 1.165) is 0 Å². The number of allylic oxidation sites excluding steroid dienone is 2. The van der Waals surface area contributed by atoms with Crippen molar-refractivity contribution < 1.29 is 14.6 Å². The Balaban J connectivity index is 2.69. The molecule has 1 N–H and O–H groups in total. The molecule has 0 saturated heterocycles. The van der Waals surface area contributed by atoms with Crippen molar-refractivity contribution in [3.05, 3.63) is 36.1 Å². The van der Waals surface area contributed by atoms with Crippen molar-refractivity contribution in [3.63, 3.8) is 0 Å². The lowest BCUT2D eigenvalue weighted by molar-refractivity contribution is -0.112. The molecule has 0 spiro atoms. The van der Waals surface area contributed by atoms with Gasteiger partial charge in [0.1, 0.15) is 17.3 Å². The monoisotopic (exact) mass is 192 g/mol. The number of carbonyl (C=O) groups is 1. The Morgan fingerprint density at radius 2 is 1.86 bits per heavy atom. The molecule has 0 aliphatic rings. The van der Waals surface area contributed by atoms with Gasteiger partial charge in [0.05, 0.1) is 0 Å². The van der Waals surface area contributed by atoms with Crippen LogP contribution in [0.4, 0.5) is 0 Å². The molecule has 0 heterocycles. The molecule has 1 aromatic rings. The summed E-state index contributed by atoms with van der Waals surface area (Å²) in [6.45, 7) is 3.16. The molecule has 74 valence electrons. The van der Waals surface area contributed by atoms with E-state index < -0.39 is 0 Å². The maximum atomic E-state index is 10.7. The average molecular weight is 192 g/mol. The van der Waals surface area contributed by atoms with Gasteiger partial charge in [-0.05, 0) is 38.1 Å². The van der Waals surface area contributed by atoms with Crippen LogP contribution in [-0.4, -0.2) is 10.9 Å². The molecule has 0 bridgehead atoms. The van der Waals surface area contributed by atoms with Crippen molar-refractivity contribution in [2.75, 3.05) is 0 Å². The van der Waals surface area contributed by atoms with E-state index in [-0.39, 0.29) is 11.5 Å². The predicted octanol–water partition coefficient (Wildman–Crippen LogP) is 2.26. The maximum Gasteiger partial charge on any atom is 0.155 e. The van der Waals surface area contributed by atoms with Gasteiger partial charge in [0.2, 0.25) is 0 Å². The van der Waals surface area contributed by atoms with E-state index in [2.05, 4.69) is 0 Å². The fourth-order valence-electron chi connectivity index (χ4n) is 1.02. The predicted molar refractivity (Wildman–Crippen MR) is 53.2 cm³/mol. The van der Waals surface area contributed by atoms with Crippen molar-refractivity contribution in [3.8, 4) is 11.5 Å². The van der Waals surface area contributed by atoms with E-state index in [0.29, 0.717) is 11.5 Å². The largest absolute Gasteiger partial charge is 0.508 e. The highest BCUT2D eigenvalue weighted by atomic mass is 16.5. The first kappa shape index (κ1) is 10.3. The minimum Gasteiger partial charge on any atom is -0.508 e. The van der Waals surface area contributed by atoms with E-state index in [9.17, 15) is 4.79 Å². The zero-order valence-corrected chi connectivity index (χ0v) is 8.15. The van der Waals surface area contributed by atoms with Crippen molar-refractivity contribution >= 4 is 5.78 Å². The highest BCUT2D eigenvalue weighted by molar-refractivity contribution is 5.87. The van der Waals surface area contributed by atoms with Crippen LogP contribution in [0.5, 0.6) is 11.5 Å². The van der Waals surface area contributed by atoms with E-state index in [1.165, 1.54) is 25.1 Å². The van der Waals surface area contributed by atoms with Gasteiger partial charge in [0, 0.05) is 6.08 Å². The van der Waals surface area contributed by atoms with Gasteiger partial charge < -0.3 is 9.84 Å². The highest BCUT2D eigenvalue weighted by Gasteiger charge is 1.96. The molecule has 3 nitrogen and oxygen atoms in total. The smallest absolute Gasteiger partial charge is 0.155 e. The van der Waals surface area contributed by atoms with Crippen LogP contribution < -0.4 is 4.74 Å². The molecule has 3 heteroatoms. The first-order valence-electron chi connectivity index (χ1n) is 4.23. The third kappa shape index (κ3) is 3.31. The molecule has 1 rings (SSSR count). The lowest BCUT2D eigenvalue weighted by Gasteiger charge is -2.04. The summed E-state index contributed by atoms with van der Waals surface area (Å²) in [5.41, 5.74) is 0. The maximum absolute atomic E-state index is 10.7. The second-order valence-electron chi connectivity index (χ2n) is 2.96. The van der Waals surface area contributed by atoms with Crippen molar-refractivity contribution in [1.82, 2.24) is 0 Å². The van der Waals surface area contributed by atoms with Crippen LogP contribution in [0.25, 0.3) is 0 Å². The molecule has 1 aromatic carbocycles. The van der Waals surface area contributed by atoms with Crippen molar-refractivity contribution in [2.24, 2.45) is 0 Å². The minimum atomic E-state index is -0.0544. The second-order valence-corrected chi connectivity index (χ2v) is 2.96. The molecule has 0 saturated carbocycles. The Kier molecular flexibility index (Phi) is 3.29. The summed E-state index contributed by atoms with van der Waals surface area (Å²) in [5, 5.41) is 9.01. The normalized spacial score (nSPS) is 11.1. The van der Waals surface area contributed by atoms with E-state index in [1.807, 2.05) is 0 Å². The minimum absolute atomic E-state index is 0.0544. The second kappa shape index (κ2) is 4.46. The molecule has 0 amide bonds. The molecular formula is C11H12O3. The van der Waals surface area contributed by atoms with E-state index in [1.54, 1.807) is 19.1 Å². The Bertz CT molecular complexity index is 349. The number of benzene rings is 1. The molecule has 0 atom stereocenters. The number of hydrogen-bond acceptors (Lipinski definition) is 3. The quantitative estimate of drug-likeness (QED) is 0.590. The highest BCUT2D eigenvalue weighted by Crippen LogP contribution is 2.17. The molecular weight excluding hydrogens is 180 g/mol. The van der Waals surface area contributed by atoms with Crippen LogP contribution in [0, 0.1) is 0 Å². The first-order chi connectivity index (χ1) is 6.58. The van der Waals surface area contributed by atoms with Gasteiger partial charge in [-0.1, -0.05) is 0 Å². The number of phenols is 1. The summed E-state index contributed by atoms with van der Waals surface area (Å²) in [7, 11) is 0. The van der Waals surface area contributed by atoms with Gasteiger partial charge in [-0.15, -0.1) is 0 Å². The Hall–Kier alpha value is -1.77. The summed E-state index contributed by atoms with van der Waals surface area (Å²) in [6.07, 6.45) is 1.41. The van der Waals surface area contributed by atoms with Crippen LogP contribution in [-0.2, 0) is 4.79 Å². The molecule has 0 radical (unpaired) electrons. The van der Waals surface area contributed by atoms with Gasteiger partial charge in [0.15, 0.2) is 5.78 Å². The summed E-state index contributed by atoms with van der Waals surface area (Å²) < 4.78 is 5.31. The third-order valence-electron chi connectivity index (χ3n) is 1.52. The fraction of sp³-hybridized carbons (Fsp3) is 0.182. The molecule has 0 unspecified atom stereocenters. The van der Waals surface area contributed by atoms with Gasteiger partial charge in [0.25, 0.3) is 0 Å².